The van der Waals surface area contributed by atoms with Gasteiger partial charge in [-0.25, -0.2) is 0 Å². The number of methoxy groups -OCH3 is 1. The number of nitrogens with zero attached hydrogens (tertiary/aromatic N) is 1. The third-order valence-electron chi connectivity index (χ3n) is 6.54. The fraction of sp³-hybridized carbons (Fsp3) is 0.400. The molecule has 3 aliphatic rings. The van der Waals surface area contributed by atoms with Gasteiger partial charge in [-0.2, -0.15) is 0 Å². The average molecular weight is 421 g/mol. The van der Waals surface area contributed by atoms with E-state index in [0.717, 1.165) is 28.1 Å². The lowest BCUT2D eigenvalue weighted by Crippen LogP contribution is -2.78. The van der Waals surface area contributed by atoms with Crippen LogP contribution in [0.2, 0.25) is 0 Å². The molecule has 3 heterocycles. The largest absolute Gasteiger partial charge is 0.497 e. The van der Waals surface area contributed by atoms with Crippen molar-refractivity contribution in [1.82, 2.24) is 0 Å². The summed E-state index contributed by atoms with van der Waals surface area (Å²) in [6.07, 6.45) is -0.306. The van der Waals surface area contributed by atoms with Crippen LogP contribution in [0.4, 0.5) is 5.69 Å². The van der Waals surface area contributed by atoms with Gasteiger partial charge in [-0.3, -0.25) is 9.69 Å². The second-order valence-electron chi connectivity index (χ2n) is 8.68. The molecule has 2 aromatic carbocycles. The third kappa shape index (κ3) is 3.01. The van der Waals surface area contributed by atoms with Gasteiger partial charge in [0.25, 0.3) is 5.91 Å². The Kier molecular flexibility index (Phi) is 4.70. The monoisotopic (exact) mass is 421 g/mol. The molecule has 0 aliphatic carbocycles. The summed E-state index contributed by atoms with van der Waals surface area (Å²) in [6, 6.07) is 17.3. The molecule has 6 heteroatoms. The first-order valence-corrected chi connectivity index (χ1v) is 10.6. The zero-order valence-corrected chi connectivity index (χ0v) is 18.3. The lowest BCUT2D eigenvalue weighted by atomic mass is 9.73. The molecule has 2 fully saturated rings. The van der Waals surface area contributed by atoms with Crippen LogP contribution in [0.15, 0.2) is 60.2 Å². The highest BCUT2D eigenvalue weighted by Gasteiger charge is 2.69. The maximum absolute atomic E-state index is 13.7. The maximum atomic E-state index is 13.7. The molecule has 1 spiro atoms. The van der Waals surface area contributed by atoms with Gasteiger partial charge in [0.1, 0.15) is 17.9 Å². The molecule has 0 aromatic heterocycles. The molecule has 3 atom stereocenters. The van der Waals surface area contributed by atoms with E-state index < -0.39 is 11.4 Å². The van der Waals surface area contributed by atoms with Crippen LogP contribution in [0.25, 0.3) is 5.57 Å². The molecule has 0 bridgehead atoms. The number of carbonyl (C=O) groups excluding carboxylic acids is 1. The number of ether oxygens (including phenoxy) is 4. The Hall–Kier alpha value is -2.67. The zero-order valence-electron chi connectivity index (χ0n) is 18.3. The highest BCUT2D eigenvalue weighted by Crippen LogP contribution is 2.52. The number of hydrogen-bond donors (Lipinski definition) is 0. The van der Waals surface area contributed by atoms with Gasteiger partial charge in [0.15, 0.2) is 11.4 Å². The second-order valence-corrected chi connectivity index (χ2v) is 8.68. The molecule has 2 aromatic rings. The minimum Gasteiger partial charge on any atom is -0.497 e. The minimum atomic E-state index is -1.04. The highest BCUT2D eigenvalue weighted by molar-refractivity contribution is 6.12. The molecule has 5 rings (SSSR count). The van der Waals surface area contributed by atoms with Gasteiger partial charge in [0, 0.05) is 5.69 Å². The van der Waals surface area contributed by atoms with Crippen molar-refractivity contribution < 1.29 is 23.7 Å². The fourth-order valence-electron chi connectivity index (χ4n) is 4.96. The van der Waals surface area contributed by atoms with Gasteiger partial charge in [0.05, 0.1) is 20.3 Å². The lowest BCUT2D eigenvalue weighted by molar-refractivity contribution is -0.172. The van der Waals surface area contributed by atoms with E-state index in [-0.39, 0.29) is 18.1 Å². The van der Waals surface area contributed by atoms with Gasteiger partial charge in [-0.1, -0.05) is 30.3 Å². The Labute approximate surface area is 182 Å². The summed E-state index contributed by atoms with van der Waals surface area (Å²) in [6.45, 7) is 6.59. The highest BCUT2D eigenvalue weighted by atomic mass is 16.7. The summed E-state index contributed by atoms with van der Waals surface area (Å²) in [7, 11) is 1.62. The van der Waals surface area contributed by atoms with Gasteiger partial charge in [0.2, 0.25) is 0 Å². The molecule has 0 unspecified atom stereocenters. The first-order valence-electron chi connectivity index (χ1n) is 10.6. The molecule has 0 saturated carbocycles. The van der Waals surface area contributed by atoms with Crippen LogP contribution < -0.4 is 9.64 Å². The Bertz CT molecular complexity index is 1030. The van der Waals surface area contributed by atoms with Crippen LogP contribution in [0.3, 0.4) is 0 Å². The van der Waals surface area contributed by atoms with Crippen LogP contribution >= 0.6 is 0 Å². The maximum Gasteiger partial charge on any atom is 0.266 e. The van der Waals surface area contributed by atoms with Crippen LogP contribution in [0.5, 0.6) is 5.75 Å². The molecule has 2 saturated heterocycles. The van der Waals surface area contributed by atoms with Crippen molar-refractivity contribution in [3.05, 3.63) is 65.7 Å². The molecule has 0 radical (unpaired) electrons. The normalized spacial score (nSPS) is 29.5. The van der Waals surface area contributed by atoms with E-state index in [4.69, 9.17) is 18.9 Å². The van der Waals surface area contributed by atoms with E-state index in [1.807, 2.05) is 63.2 Å². The summed E-state index contributed by atoms with van der Waals surface area (Å²) >= 11 is 0. The van der Waals surface area contributed by atoms with E-state index in [0.29, 0.717) is 13.2 Å². The zero-order chi connectivity index (χ0) is 21.8. The molecule has 31 heavy (non-hydrogen) atoms. The molecule has 6 nitrogen and oxygen atoms in total. The predicted octanol–water partition coefficient (Wildman–Crippen LogP) is 3.80. The van der Waals surface area contributed by atoms with Gasteiger partial charge < -0.3 is 18.9 Å². The van der Waals surface area contributed by atoms with Crippen LogP contribution in [0.1, 0.15) is 26.3 Å². The van der Waals surface area contributed by atoms with Crippen molar-refractivity contribution >= 4 is 17.2 Å². The molecule has 0 N–H and O–H groups in total. The number of benzene rings is 2. The first-order chi connectivity index (χ1) is 14.9. The predicted molar refractivity (Wildman–Crippen MR) is 117 cm³/mol. The van der Waals surface area contributed by atoms with Gasteiger partial charge in [-0.05, 0) is 61.7 Å². The number of carbonyl (C=O) groups is 1. The van der Waals surface area contributed by atoms with Crippen molar-refractivity contribution in [3.8, 4) is 5.75 Å². The number of anilines is 1. The van der Waals surface area contributed by atoms with Crippen molar-refractivity contribution in [2.75, 3.05) is 25.2 Å². The minimum absolute atomic E-state index is 0.0700. The Morgan fingerprint density at radius 2 is 1.74 bits per heavy atom. The Balaban J connectivity index is 1.57. The number of rotatable bonds is 4. The molecule has 1 amide bonds. The number of amides is 1. The summed E-state index contributed by atoms with van der Waals surface area (Å²) in [5, 5.41) is 0. The summed E-state index contributed by atoms with van der Waals surface area (Å²) in [4.78, 5) is 15.5. The van der Waals surface area contributed by atoms with Crippen LogP contribution in [-0.4, -0.2) is 49.8 Å². The van der Waals surface area contributed by atoms with E-state index in [9.17, 15) is 4.79 Å². The second kappa shape index (κ2) is 7.19. The Morgan fingerprint density at radius 1 is 1.03 bits per heavy atom. The van der Waals surface area contributed by atoms with Crippen molar-refractivity contribution in [1.29, 1.82) is 0 Å². The van der Waals surface area contributed by atoms with E-state index in [1.54, 1.807) is 12.0 Å². The van der Waals surface area contributed by atoms with E-state index in [2.05, 4.69) is 12.1 Å². The van der Waals surface area contributed by atoms with Crippen molar-refractivity contribution in [2.24, 2.45) is 0 Å². The van der Waals surface area contributed by atoms with E-state index in [1.165, 1.54) is 0 Å². The summed E-state index contributed by atoms with van der Waals surface area (Å²) < 4.78 is 23.7. The van der Waals surface area contributed by atoms with Gasteiger partial charge in [-0.15, -0.1) is 0 Å². The van der Waals surface area contributed by atoms with E-state index >= 15 is 0 Å². The molecular weight excluding hydrogens is 394 g/mol. The molecule has 3 aliphatic heterocycles. The molecular formula is C25H27NO5. The van der Waals surface area contributed by atoms with Gasteiger partial charge >= 0.3 is 0 Å². The average Bonchev–Trinajstić information content (AvgIpc) is 3.32. The lowest BCUT2D eigenvalue weighted by Gasteiger charge is -2.55. The van der Waals surface area contributed by atoms with Crippen LogP contribution in [0, 0.1) is 0 Å². The number of β-lactam (4-membered cyclic amide) rings is 1. The van der Waals surface area contributed by atoms with Crippen molar-refractivity contribution in [2.45, 2.75) is 44.3 Å². The summed E-state index contributed by atoms with van der Waals surface area (Å²) in [5.41, 5.74) is 2.84. The smallest absolute Gasteiger partial charge is 0.266 e. The van der Waals surface area contributed by atoms with Crippen LogP contribution in [-0.2, 0) is 19.0 Å². The Morgan fingerprint density at radius 3 is 2.35 bits per heavy atom. The fourth-order valence-corrected chi connectivity index (χ4v) is 4.96. The van der Waals surface area contributed by atoms with Crippen molar-refractivity contribution in [3.63, 3.8) is 0 Å². The SMILES string of the molecule is COc1ccc(N2C(=O)[C@]3(OCC(c4ccccc4)=C3C)[C@@H]2[C@H]2COC(C)(C)O2)cc1. The quantitative estimate of drug-likeness (QED) is 0.703. The number of hydrogen-bond acceptors (Lipinski definition) is 5. The standard InChI is InChI=1S/C25H27NO5/c1-16-20(17-8-6-5-7-9-17)14-30-25(16)22(21-15-29-24(2,3)31-21)26(23(25)27)18-10-12-19(28-4)13-11-18/h5-13,21-22H,14-15H2,1-4H3/t21-,22+,25-/m1/s1. The first kappa shape index (κ1) is 20.2. The topological polar surface area (TPSA) is 57.2 Å². The molecule has 162 valence electrons. The third-order valence-corrected chi connectivity index (χ3v) is 6.54. The summed E-state index contributed by atoms with van der Waals surface area (Å²) in [5.74, 6) is -0.0299.